The molecular formula is C15H22N2O3S. The van der Waals surface area contributed by atoms with E-state index in [1.165, 1.54) is 16.4 Å². The van der Waals surface area contributed by atoms with Crippen LogP contribution in [0.2, 0.25) is 0 Å². The lowest BCUT2D eigenvalue weighted by atomic mass is 10.2. The molecule has 1 unspecified atom stereocenters. The lowest BCUT2D eigenvalue weighted by molar-refractivity contribution is 0.0939. The van der Waals surface area contributed by atoms with Crippen LogP contribution in [0.25, 0.3) is 0 Å². The number of sulfonamides is 1. The average molecular weight is 310 g/mol. The summed E-state index contributed by atoms with van der Waals surface area (Å²) in [5.74, 6) is -0.172. The van der Waals surface area contributed by atoms with E-state index in [0.29, 0.717) is 18.7 Å². The van der Waals surface area contributed by atoms with Crippen LogP contribution in [0.3, 0.4) is 0 Å². The molecule has 0 aromatic heterocycles. The summed E-state index contributed by atoms with van der Waals surface area (Å²) in [5.41, 5.74) is 0.482. The van der Waals surface area contributed by atoms with Crippen LogP contribution in [0, 0.1) is 0 Å². The van der Waals surface area contributed by atoms with Crippen molar-refractivity contribution in [2.24, 2.45) is 0 Å². The molecule has 1 saturated heterocycles. The molecule has 0 radical (unpaired) electrons. The third-order valence-electron chi connectivity index (χ3n) is 3.81. The molecule has 0 bridgehead atoms. The fraction of sp³-hybridized carbons (Fsp3) is 0.533. The maximum Gasteiger partial charge on any atom is 0.251 e. The Kier molecular flexibility index (Phi) is 5.00. The summed E-state index contributed by atoms with van der Waals surface area (Å²) in [7, 11) is -3.41. The Morgan fingerprint density at radius 1 is 1.24 bits per heavy atom. The predicted molar refractivity (Wildman–Crippen MR) is 81.7 cm³/mol. The molecule has 0 spiro atoms. The van der Waals surface area contributed by atoms with E-state index in [-0.39, 0.29) is 16.8 Å². The van der Waals surface area contributed by atoms with Crippen LogP contribution in [0.5, 0.6) is 0 Å². The minimum atomic E-state index is -3.41. The van der Waals surface area contributed by atoms with Gasteiger partial charge in [0.15, 0.2) is 0 Å². The summed E-state index contributed by atoms with van der Waals surface area (Å²) in [5, 5.41) is 2.86. The van der Waals surface area contributed by atoms with Crippen LogP contribution in [0.1, 0.15) is 43.5 Å². The van der Waals surface area contributed by atoms with Gasteiger partial charge < -0.3 is 5.32 Å². The molecule has 1 aliphatic rings. The third kappa shape index (κ3) is 3.63. The summed E-state index contributed by atoms with van der Waals surface area (Å²) in [6.07, 6.45) is 2.68. The van der Waals surface area contributed by atoms with Crippen molar-refractivity contribution in [1.29, 1.82) is 0 Å². The summed E-state index contributed by atoms with van der Waals surface area (Å²) in [6.45, 7) is 5.10. The Morgan fingerprint density at radius 2 is 1.81 bits per heavy atom. The van der Waals surface area contributed by atoms with E-state index in [1.54, 1.807) is 12.1 Å². The smallest absolute Gasteiger partial charge is 0.251 e. The second-order valence-electron chi connectivity index (χ2n) is 5.42. The van der Waals surface area contributed by atoms with Crippen LogP contribution in [-0.4, -0.2) is 37.8 Å². The molecule has 1 fully saturated rings. The topological polar surface area (TPSA) is 66.5 Å². The number of nitrogens with one attached hydrogen (secondary N) is 1. The highest BCUT2D eigenvalue weighted by Gasteiger charge is 2.27. The van der Waals surface area contributed by atoms with Gasteiger partial charge >= 0.3 is 0 Å². The Labute approximate surface area is 126 Å². The molecule has 6 heteroatoms. The zero-order valence-corrected chi connectivity index (χ0v) is 13.3. The zero-order chi connectivity index (χ0) is 15.5. The number of nitrogens with zero attached hydrogens (tertiary/aromatic N) is 1. The van der Waals surface area contributed by atoms with Crippen LogP contribution >= 0.6 is 0 Å². The van der Waals surface area contributed by atoms with Crippen molar-refractivity contribution >= 4 is 15.9 Å². The Morgan fingerprint density at radius 3 is 2.33 bits per heavy atom. The number of carbonyl (C=O) groups excluding carboxylic acids is 1. The van der Waals surface area contributed by atoms with Gasteiger partial charge in [0, 0.05) is 24.7 Å². The Balaban J connectivity index is 2.13. The van der Waals surface area contributed by atoms with Crippen molar-refractivity contribution < 1.29 is 13.2 Å². The SMILES string of the molecule is CCC(C)NC(=O)c1ccc(S(=O)(=O)N2CCCC2)cc1. The number of hydrogen-bond acceptors (Lipinski definition) is 3. The standard InChI is InChI=1S/C15H22N2O3S/c1-3-12(2)16-15(18)13-6-8-14(9-7-13)21(19,20)17-10-4-5-11-17/h6-9,12H,3-5,10-11H2,1-2H3,(H,16,18). The van der Waals surface area contributed by atoms with Crippen molar-refractivity contribution in [3.63, 3.8) is 0 Å². The lowest BCUT2D eigenvalue weighted by Gasteiger charge is -2.16. The second-order valence-corrected chi connectivity index (χ2v) is 7.36. The van der Waals surface area contributed by atoms with Gasteiger partial charge in [0.2, 0.25) is 10.0 Å². The van der Waals surface area contributed by atoms with Gasteiger partial charge in [0.05, 0.1) is 4.90 Å². The summed E-state index contributed by atoms with van der Waals surface area (Å²) >= 11 is 0. The molecule has 0 aliphatic carbocycles. The molecule has 1 heterocycles. The molecule has 116 valence electrons. The monoisotopic (exact) mass is 310 g/mol. The van der Waals surface area contributed by atoms with Gasteiger partial charge in [0.25, 0.3) is 5.91 Å². The number of amides is 1. The fourth-order valence-corrected chi connectivity index (χ4v) is 3.78. The first-order valence-electron chi connectivity index (χ1n) is 7.36. The molecule has 1 aromatic rings. The number of rotatable bonds is 5. The van der Waals surface area contributed by atoms with E-state index >= 15 is 0 Å². The number of carbonyl (C=O) groups is 1. The zero-order valence-electron chi connectivity index (χ0n) is 12.5. The van der Waals surface area contributed by atoms with Gasteiger partial charge in [0.1, 0.15) is 0 Å². The van der Waals surface area contributed by atoms with Gasteiger partial charge in [-0.25, -0.2) is 8.42 Å². The largest absolute Gasteiger partial charge is 0.350 e. The van der Waals surface area contributed by atoms with E-state index in [2.05, 4.69) is 5.32 Å². The Bertz CT molecular complexity index is 590. The van der Waals surface area contributed by atoms with E-state index in [4.69, 9.17) is 0 Å². The number of hydrogen-bond donors (Lipinski definition) is 1. The lowest BCUT2D eigenvalue weighted by Crippen LogP contribution is -2.32. The van der Waals surface area contributed by atoms with Gasteiger partial charge in [-0.1, -0.05) is 6.92 Å². The first-order valence-corrected chi connectivity index (χ1v) is 8.80. The van der Waals surface area contributed by atoms with Crippen molar-refractivity contribution in [3.8, 4) is 0 Å². The predicted octanol–water partition coefficient (Wildman–Crippen LogP) is 2.00. The number of benzene rings is 1. The van der Waals surface area contributed by atoms with Gasteiger partial charge in [-0.15, -0.1) is 0 Å². The van der Waals surface area contributed by atoms with Gasteiger partial charge in [-0.3, -0.25) is 4.79 Å². The molecule has 0 saturated carbocycles. The van der Waals surface area contributed by atoms with Crippen molar-refractivity contribution in [2.75, 3.05) is 13.1 Å². The van der Waals surface area contributed by atoms with Gasteiger partial charge in [-0.2, -0.15) is 4.31 Å². The highest BCUT2D eigenvalue weighted by molar-refractivity contribution is 7.89. The van der Waals surface area contributed by atoms with Crippen LogP contribution in [0.15, 0.2) is 29.2 Å². The van der Waals surface area contributed by atoms with E-state index in [1.807, 2.05) is 13.8 Å². The molecular weight excluding hydrogens is 288 g/mol. The minimum Gasteiger partial charge on any atom is -0.350 e. The fourth-order valence-electron chi connectivity index (χ4n) is 2.27. The molecule has 5 nitrogen and oxygen atoms in total. The first-order chi connectivity index (χ1) is 9.95. The van der Waals surface area contributed by atoms with Crippen LogP contribution in [0.4, 0.5) is 0 Å². The maximum absolute atomic E-state index is 12.4. The van der Waals surface area contributed by atoms with E-state index in [0.717, 1.165) is 19.3 Å². The third-order valence-corrected chi connectivity index (χ3v) is 5.72. The Hall–Kier alpha value is -1.40. The minimum absolute atomic E-state index is 0.102. The van der Waals surface area contributed by atoms with Crippen molar-refractivity contribution in [1.82, 2.24) is 9.62 Å². The summed E-state index contributed by atoms with van der Waals surface area (Å²) in [6, 6.07) is 6.27. The highest BCUT2D eigenvalue weighted by Crippen LogP contribution is 2.21. The molecule has 2 rings (SSSR count). The summed E-state index contributed by atoms with van der Waals surface area (Å²) in [4.78, 5) is 12.2. The van der Waals surface area contributed by atoms with Gasteiger partial charge in [-0.05, 0) is 50.5 Å². The van der Waals surface area contributed by atoms with Crippen LogP contribution in [-0.2, 0) is 10.0 Å². The molecule has 1 amide bonds. The van der Waals surface area contributed by atoms with Crippen LogP contribution < -0.4 is 5.32 Å². The molecule has 1 atom stereocenters. The quantitative estimate of drug-likeness (QED) is 0.904. The molecule has 1 N–H and O–H groups in total. The maximum atomic E-state index is 12.4. The molecule has 21 heavy (non-hydrogen) atoms. The second kappa shape index (κ2) is 6.58. The van der Waals surface area contributed by atoms with E-state index in [9.17, 15) is 13.2 Å². The highest BCUT2D eigenvalue weighted by atomic mass is 32.2. The normalized spacial score (nSPS) is 17.6. The summed E-state index contributed by atoms with van der Waals surface area (Å²) < 4.78 is 26.2. The average Bonchev–Trinajstić information content (AvgIpc) is 3.02. The molecule has 1 aromatic carbocycles. The first kappa shape index (κ1) is 16.0. The van der Waals surface area contributed by atoms with E-state index < -0.39 is 10.0 Å². The molecule has 1 aliphatic heterocycles. The van der Waals surface area contributed by atoms with Crippen molar-refractivity contribution in [2.45, 2.75) is 44.0 Å². The van der Waals surface area contributed by atoms with Crippen molar-refractivity contribution in [3.05, 3.63) is 29.8 Å².